The van der Waals surface area contributed by atoms with Crippen molar-refractivity contribution in [3.05, 3.63) is 149 Å². The van der Waals surface area contributed by atoms with Gasteiger partial charge in [0.15, 0.2) is 0 Å². The molecule has 3 heteroatoms. The van der Waals surface area contributed by atoms with Crippen LogP contribution in [-0.4, -0.2) is 33.9 Å². The van der Waals surface area contributed by atoms with Crippen molar-refractivity contribution in [2.45, 2.75) is 6.54 Å². The molecule has 5 rings (SSSR count). The molecule has 4 aromatic carbocycles. The van der Waals surface area contributed by atoms with E-state index in [2.05, 4.69) is 154 Å². The highest BCUT2D eigenvalue weighted by Gasteiger charge is 2.20. The van der Waals surface area contributed by atoms with E-state index in [4.69, 9.17) is 4.99 Å². The third-order valence-corrected chi connectivity index (χ3v) is 7.16. The summed E-state index contributed by atoms with van der Waals surface area (Å²) < 4.78 is 0. The minimum atomic E-state index is 0.634. The van der Waals surface area contributed by atoms with Crippen molar-refractivity contribution in [3.63, 3.8) is 0 Å². The molecule has 0 radical (unpaired) electrons. The van der Waals surface area contributed by atoms with Crippen LogP contribution >= 0.6 is 0 Å². The molecule has 1 aliphatic rings. The number of hydrogen-bond donors (Lipinski definition) is 0. The Morgan fingerprint density at radius 3 is 1.72 bits per heavy atom. The zero-order chi connectivity index (χ0) is 27.4. The van der Waals surface area contributed by atoms with Crippen LogP contribution in [0.4, 0.5) is 11.4 Å². The zero-order valence-electron chi connectivity index (χ0n) is 23.2. The average molecular weight is 510 g/mol. The SMILES string of the molecule is C=Cc1ccc(CN=C2C=CC(=C(c3ccc(N(C)C)cc3)c3ccc(N(C)C)cc3)c3ccccc32)cc1. The van der Waals surface area contributed by atoms with Gasteiger partial charge in [0.25, 0.3) is 0 Å². The summed E-state index contributed by atoms with van der Waals surface area (Å²) in [6.07, 6.45) is 6.26. The van der Waals surface area contributed by atoms with E-state index < -0.39 is 0 Å². The molecule has 0 aliphatic heterocycles. The second-order valence-corrected chi connectivity index (χ2v) is 10.2. The van der Waals surface area contributed by atoms with Gasteiger partial charge < -0.3 is 9.80 Å². The number of aliphatic imine (C=N–C) groups is 1. The fourth-order valence-corrected chi connectivity index (χ4v) is 4.90. The Labute approximate surface area is 232 Å². The van der Waals surface area contributed by atoms with Gasteiger partial charge in [0.05, 0.1) is 12.3 Å². The third kappa shape index (κ3) is 5.63. The number of benzene rings is 4. The van der Waals surface area contributed by atoms with E-state index in [0.717, 1.165) is 16.8 Å². The van der Waals surface area contributed by atoms with Crippen LogP contribution in [0.3, 0.4) is 0 Å². The molecule has 0 N–H and O–H groups in total. The summed E-state index contributed by atoms with van der Waals surface area (Å²) in [5, 5.41) is 0. The van der Waals surface area contributed by atoms with E-state index in [1.54, 1.807) is 0 Å². The first-order valence-corrected chi connectivity index (χ1v) is 13.3. The lowest BCUT2D eigenvalue weighted by Gasteiger charge is -2.22. The number of nitrogens with zero attached hydrogens (tertiary/aromatic N) is 3. The lowest BCUT2D eigenvalue weighted by molar-refractivity contribution is 1.07. The standard InChI is InChI=1S/C36H35N3/c1-6-26-11-13-27(14-12-26)25-37-35-24-23-34(32-9-7-8-10-33(32)35)36(28-15-19-30(20-16-28)38(2)3)29-17-21-31(22-18-29)39(4)5/h6-24H,1,25H2,2-5H3. The molecule has 0 atom stereocenters. The molecule has 0 heterocycles. The van der Waals surface area contributed by atoms with Crippen molar-refractivity contribution in [2.24, 2.45) is 4.99 Å². The number of allylic oxidation sites excluding steroid dienone is 3. The highest BCUT2D eigenvalue weighted by atomic mass is 15.1. The van der Waals surface area contributed by atoms with Gasteiger partial charge in [0, 0.05) is 45.1 Å². The van der Waals surface area contributed by atoms with Crippen LogP contribution in [0.5, 0.6) is 0 Å². The van der Waals surface area contributed by atoms with Crippen molar-refractivity contribution in [1.82, 2.24) is 0 Å². The van der Waals surface area contributed by atoms with Crippen LogP contribution in [0.15, 0.2) is 121 Å². The predicted octanol–water partition coefficient (Wildman–Crippen LogP) is 7.98. The van der Waals surface area contributed by atoms with Crippen LogP contribution in [0.2, 0.25) is 0 Å². The van der Waals surface area contributed by atoms with Gasteiger partial charge in [-0.3, -0.25) is 4.99 Å². The number of fused-ring (bicyclic) bond motifs is 1. The Morgan fingerprint density at radius 1 is 0.667 bits per heavy atom. The molecule has 4 aromatic rings. The largest absolute Gasteiger partial charge is 0.378 e. The maximum Gasteiger partial charge on any atom is 0.0657 e. The second kappa shape index (κ2) is 11.4. The predicted molar refractivity (Wildman–Crippen MR) is 170 cm³/mol. The molecule has 194 valence electrons. The minimum absolute atomic E-state index is 0.634. The van der Waals surface area contributed by atoms with Crippen LogP contribution < -0.4 is 9.80 Å². The highest BCUT2D eigenvalue weighted by molar-refractivity contribution is 6.19. The van der Waals surface area contributed by atoms with Gasteiger partial charge in [-0.15, -0.1) is 0 Å². The summed E-state index contributed by atoms with van der Waals surface area (Å²) >= 11 is 0. The second-order valence-electron chi connectivity index (χ2n) is 10.2. The Hall–Kier alpha value is -4.63. The summed E-state index contributed by atoms with van der Waals surface area (Å²) in [5.41, 5.74) is 12.8. The van der Waals surface area contributed by atoms with Gasteiger partial charge in [-0.2, -0.15) is 0 Å². The third-order valence-electron chi connectivity index (χ3n) is 7.16. The maximum atomic E-state index is 5.02. The number of rotatable bonds is 7. The van der Waals surface area contributed by atoms with Crippen LogP contribution in [0.1, 0.15) is 33.4 Å². The topological polar surface area (TPSA) is 18.8 Å². The molecule has 1 aliphatic carbocycles. The minimum Gasteiger partial charge on any atom is -0.378 e. The molecule has 0 saturated heterocycles. The number of hydrogen-bond acceptors (Lipinski definition) is 3. The first kappa shape index (κ1) is 26.0. The van der Waals surface area contributed by atoms with E-state index in [1.807, 2.05) is 6.08 Å². The Balaban J connectivity index is 1.62. The lowest BCUT2D eigenvalue weighted by Crippen LogP contribution is -2.10. The first-order valence-electron chi connectivity index (χ1n) is 13.3. The molecule has 0 spiro atoms. The van der Waals surface area contributed by atoms with Gasteiger partial charge in [0.2, 0.25) is 0 Å². The summed E-state index contributed by atoms with van der Waals surface area (Å²) in [6, 6.07) is 34.7. The van der Waals surface area contributed by atoms with Gasteiger partial charge in [-0.1, -0.05) is 91.5 Å². The average Bonchev–Trinajstić information content (AvgIpc) is 2.97. The molecule has 0 saturated carbocycles. The summed E-state index contributed by atoms with van der Waals surface area (Å²) in [4.78, 5) is 9.28. The molecule has 39 heavy (non-hydrogen) atoms. The molecule has 3 nitrogen and oxygen atoms in total. The van der Waals surface area contributed by atoms with E-state index in [1.165, 1.54) is 44.8 Å². The van der Waals surface area contributed by atoms with E-state index >= 15 is 0 Å². The first-order chi connectivity index (χ1) is 18.9. The maximum absolute atomic E-state index is 5.02. The van der Waals surface area contributed by atoms with E-state index in [-0.39, 0.29) is 0 Å². The van der Waals surface area contributed by atoms with Crippen molar-refractivity contribution in [3.8, 4) is 0 Å². The van der Waals surface area contributed by atoms with Crippen molar-refractivity contribution in [1.29, 1.82) is 0 Å². The van der Waals surface area contributed by atoms with Gasteiger partial charge >= 0.3 is 0 Å². The lowest BCUT2D eigenvalue weighted by atomic mass is 9.83. The fraction of sp³-hybridized carbons (Fsp3) is 0.139. The fourth-order valence-electron chi connectivity index (χ4n) is 4.90. The normalized spacial score (nSPS) is 13.2. The smallest absolute Gasteiger partial charge is 0.0657 e. The Morgan fingerprint density at radius 2 is 1.21 bits per heavy atom. The van der Waals surface area contributed by atoms with Crippen LogP contribution in [0.25, 0.3) is 17.2 Å². The molecule has 0 unspecified atom stereocenters. The summed E-state index contributed by atoms with van der Waals surface area (Å²) in [7, 11) is 8.29. The molecule has 0 bridgehead atoms. The van der Waals surface area contributed by atoms with Gasteiger partial charge in [-0.05, 0) is 69.3 Å². The van der Waals surface area contributed by atoms with Gasteiger partial charge in [-0.25, -0.2) is 0 Å². The quantitative estimate of drug-likeness (QED) is 0.251. The molecular weight excluding hydrogens is 474 g/mol. The molecular formula is C36H35N3. The summed E-state index contributed by atoms with van der Waals surface area (Å²) in [6.45, 7) is 4.48. The van der Waals surface area contributed by atoms with E-state index in [0.29, 0.717) is 6.54 Å². The van der Waals surface area contributed by atoms with Gasteiger partial charge in [0.1, 0.15) is 0 Å². The highest BCUT2D eigenvalue weighted by Crippen LogP contribution is 2.38. The molecule has 0 fully saturated rings. The van der Waals surface area contributed by atoms with Crippen LogP contribution in [-0.2, 0) is 6.54 Å². The van der Waals surface area contributed by atoms with Crippen molar-refractivity contribution >= 4 is 34.3 Å². The van der Waals surface area contributed by atoms with E-state index in [9.17, 15) is 0 Å². The molecule has 0 aromatic heterocycles. The summed E-state index contributed by atoms with van der Waals surface area (Å²) in [5.74, 6) is 0. The number of anilines is 2. The Bertz CT molecular complexity index is 1500. The van der Waals surface area contributed by atoms with Crippen molar-refractivity contribution in [2.75, 3.05) is 38.0 Å². The zero-order valence-corrected chi connectivity index (χ0v) is 23.2. The Kier molecular flexibility index (Phi) is 7.60. The monoisotopic (exact) mass is 509 g/mol. The van der Waals surface area contributed by atoms with Crippen LogP contribution in [0, 0.1) is 0 Å². The van der Waals surface area contributed by atoms with Crippen molar-refractivity contribution < 1.29 is 0 Å². The molecule has 0 amide bonds.